The third-order valence-electron chi connectivity index (χ3n) is 4.06. The molecular weight excluding hydrogens is 366 g/mol. The van der Waals surface area contributed by atoms with Gasteiger partial charge in [0.05, 0.1) is 16.5 Å². The first-order valence-electron chi connectivity index (χ1n) is 7.31. The Labute approximate surface area is 143 Å². The fraction of sp³-hybridized carbons (Fsp3) is 0.375. The van der Waals surface area contributed by atoms with E-state index in [9.17, 15) is 4.79 Å². The number of benzene rings is 1. The van der Waals surface area contributed by atoms with Gasteiger partial charge in [-0.2, -0.15) is 0 Å². The van der Waals surface area contributed by atoms with E-state index in [0.29, 0.717) is 11.6 Å². The predicted octanol–water partition coefficient (Wildman–Crippen LogP) is 3.61. The van der Waals surface area contributed by atoms with Crippen molar-refractivity contribution in [2.24, 2.45) is 5.92 Å². The SMILES string of the molecule is CNC(=O)C1CCCN(c2ccc3cc(Br)cc(Cl)c3n2)C1. The van der Waals surface area contributed by atoms with Gasteiger partial charge in [-0.1, -0.05) is 27.5 Å². The molecule has 1 atom stereocenters. The van der Waals surface area contributed by atoms with Crippen LogP contribution < -0.4 is 10.2 Å². The maximum atomic E-state index is 11.9. The van der Waals surface area contributed by atoms with Gasteiger partial charge in [-0.05, 0) is 37.1 Å². The smallest absolute Gasteiger partial charge is 0.224 e. The number of carbonyl (C=O) groups is 1. The molecule has 2 heterocycles. The summed E-state index contributed by atoms with van der Waals surface area (Å²) in [5, 5.41) is 4.37. The molecule has 0 radical (unpaired) electrons. The lowest BCUT2D eigenvalue weighted by Crippen LogP contribution is -2.42. The molecule has 2 aromatic rings. The third kappa shape index (κ3) is 3.06. The molecule has 1 saturated heterocycles. The lowest BCUT2D eigenvalue weighted by atomic mass is 9.97. The molecule has 0 saturated carbocycles. The molecule has 116 valence electrons. The molecule has 1 N–H and O–H groups in total. The number of nitrogens with one attached hydrogen (secondary N) is 1. The number of halogens is 2. The van der Waals surface area contributed by atoms with Gasteiger partial charge in [0, 0.05) is 30.0 Å². The molecule has 1 aromatic carbocycles. The van der Waals surface area contributed by atoms with E-state index >= 15 is 0 Å². The van der Waals surface area contributed by atoms with Crippen LogP contribution in [0.2, 0.25) is 5.02 Å². The molecular formula is C16H17BrClN3O. The first kappa shape index (κ1) is 15.6. The van der Waals surface area contributed by atoms with E-state index in [2.05, 4.69) is 26.1 Å². The summed E-state index contributed by atoms with van der Waals surface area (Å²) in [6, 6.07) is 7.88. The Hall–Kier alpha value is -1.33. The minimum atomic E-state index is 0.0247. The number of hydrogen-bond donors (Lipinski definition) is 1. The first-order chi connectivity index (χ1) is 10.6. The fourth-order valence-electron chi connectivity index (χ4n) is 2.93. The Bertz CT molecular complexity index is 722. The summed E-state index contributed by atoms with van der Waals surface area (Å²) in [6.45, 7) is 1.62. The van der Waals surface area contributed by atoms with E-state index in [1.165, 1.54) is 0 Å². The van der Waals surface area contributed by atoms with Crippen LogP contribution in [0, 0.1) is 5.92 Å². The lowest BCUT2D eigenvalue weighted by Gasteiger charge is -2.32. The second-order valence-corrected chi connectivity index (χ2v) is 6.85. The number of fused-ring (bicyclic) bond motifs is 1. The van der Waals surface area contributed by atoms with Gasteiger partial charge in [-0.15, -0.1) is 0 Å². The average molecular weight is 383 g/mol. The number of anilines is 1. The molecule has 1 fully saturated rings. The lowest BCUT2D eigenvalue weighted by molar-refractivity contribution is -0.124. The summed E-state index contributed by atoms with van der Waals surface area (Å²) in [4.78, 5) is 18.7. The average Bonchev–Trinajstić information content (AvgIpc) is 2.54. The van der Waals surface area contributed by atoms with Gasteiger partial charge in [-0.25, -0.2) is 4.98 Å². The van der Waals surface area contributed by atoms with Crippen molar-refractivity contribution >= 4 is 50.2 Å². The molecule has 22 heavy (non-hydrogen) atoms. The van der Waals surface area contributed by atoms with Gasteiger partial charge in [0.25, 0.3) is 0 Å². The van der Waals surface area contributed by atoms with Crippen molar-refractivity contribution in [2.75, 3.05) is 25.0 Å². The minimum absolute atomic E-state index is 0.0247. The zero-order valence-electron chi connectivity index (χ0n) is 12.3. The summed E-state index contributed by atoms with van der Waals surface area (Å²) in [5.41, 5.74) is 0.796. The summed E-state index contributed by atoms with van der Waals surface area (Å²) < 4.78 is 0.942. The Balaban J connectivity index is 1.91. The highest BCUT2D eigenvalue weighted by atomic mass is 79.9. The Morgan fingerprint density at radius 2 is 2.27 bits per heavy atom. The van der Waals surface area contributed by atoms with E-state index in [4.69, 9.17) is 16.6 Å². The Morgan fingerprint density at radius 1 is 1.45 bits per heavy atom. The number of piperidine rings is 1. The molecule has 6 heteroatoms. The largest absolute Gasteiger partial charge is 0.359 e. The second kappa shape index (κ2) is 6.42. The van der Waals surface area contributed by atoms with Crippen LogP contribution in [0.25, 0.3) is 10.9 Å². The Morgan fingerprint density at radius 3 is 3.05 bits per heavy atom. The van der Waals surface area contributed by atoms with Gasteiger partial charge in [0.15, 0.2) is 0 Å². The van der Waals surface area contributed by atoms with Crippen LogP contribution in [0.1, 0.15) is 12.8 Å². The summed E-state index contributed by atoms with van der Waals surface area (Å²) in [7, 11) is 1.69. The van der Waals surface area contributed by atoms with Gasteiger partial charge in [-0.3, -0.25) is 4.79 Å². The van der Waals surface area contributed by atoms with Crippen molar-refractivity contribution < 1.29 is 4.79 Å². The van der Waals surface area contributed by atoms with Crippen LogP contribution in [-0.2, 0) is 4.79 Å². The highest BCUT2D eigenvalue weighted by Gasteiger charge is 2.25. The molecule has 1 aliphatic rings. The molecule has 3 rings (SSSR count). The third-order valence-corrected chi connectivity index (χ3v) is 4.80. The van der Waals surface area contributed by atoms with Crippen molar-refractivity contribution in [3.05, 3.63) is 33.8 Å². The first-order valence-corrected chi connectivity index (χ1v) is 8.48. The number of pyridine rings is 1. The van der Waals surface area contributed by atoms with Crippen LogP contribution in [0.5, 0.6) is 0 Å². The molecule has 4 nitrogen and oxygen atoms in total. The number of rotatable bonds is 2. The Kier molecular flexibility index (Phi) is 4.54. The minimum Gasteiger partial charge on any atom is -0.359 e. The molecule has 0 bridgehead atoms. The number of hydrogen-bond acceptors (Lipinski definition) is 3. The second-order valence-electron chi connectivity index (χ2n) is 5.53. The monoisotopic (exact) mass is 381 g/mol. The van der Waals surface area contributed by atoms with Gasteiger partial charge in [0.2, 0.25) is 5.91 Å². The summed E-state index contributed by atoms with van der Waals surface area (Å²) in [5.74, 6) is 1.01. The normalized spacial score (nSPS) is 18.5. The maximum absolute atomic E-state index is 11.9. The number of carbonyl (C=O) groups excluding carboxylic acids is 1. The zero-order valence-corrected chi connectivity index (χ0v) is 14.6. The van der Waals surface area contributed by atoms with Crippen LogP contribution in [-0.4, -0.2) is 31.0 Å². The van der Waals surface area contributed by atoms with Crippen LogP contribution in [0.15, 0.2) is 28.7 Å². The highest BCUT2D eigenvalue weighted by molar-refractivity contribution is 9.10. The standard InChI is InChI=1S/C16H17BrClN3O/c1-19-16(22)11-3-2-6-21(9-11)14-5-4-10-7-12(17)8-13(18)15(10)20-14/h4-5,7-8,11H,2-3,6,9H2,1H3,(H,19,22). The van der Waals surface area contributed by atoms with E-state index in [0.717, 1.165) is 40.6 Å². The van der Waals surface area contributed by atoms with Gasteiger partial charge >= 0.3 is 0 Å². The molecule has 1 unspecified atom stereocenters. The summed E-state index contributed by atoms with van der Waals surface area (Å²) in [6.07, 6.45) is 1.92. The van der Waals surface area contributed by atoms with E-state index in [-0.39, 0.29) is 11.8 Å². The number of amides is 1. The molecule has 1 amide bonds. The van der Waals surface area contributed by atoms with Gasteiger partial charge in [0.1, 0.15) is 5.82 Å². The number of nitrogens with zero attached hydrogens (tertiary/aromatic N) is 2. The quantitative estimate of drug-likeness (QED) is 0.863. The summed E-state index contributed by atoms with van der Waals surface area (Å²) >= 11 is 9.74. The number of aromatic nitrogens is 1. The van der Waals surface area contributed by atoms with Crippen molar-refractivity contribution in [1.82, 2.24) is 10.3 Å². The van der Waals surface area contributed by atoms with E-state index in [1.54, 1.807) is 7.05 Å². The molecule has 1 aliphatic heterocycles. The van der Waals surface area contributed by atoms with Crippen LogP contribution in [0.3, 0.4) is 0 Å². The zero-order chi connectivity index (χ0) is 15.7. The van der Waals surface area contributed by atoms with Crippen molar-refractivity contribution in [3.63, 3.8) is 0 Å². The van der Waals surface area contributed by atoms with Crippen LogP contribution >= 0.6 is 27.5 Å². The van der Waals surface area contributed by atoms with Gasteiger partial charge < -0.3 is 10.2 Å². The maximum Gasteiger partial charge on any atom is 0.224 e. The molecule has 0 spiro atoms. The molecule has 1 aromatic heterocycles. The van der Waals surface area contributed by atoms with E-state index < -0.39 is 0 Å². The fourth-order valence-corrected chi connectivity index (χ4v) is 3.80. The van der Waals surface area contributed by atoms with Crippen LogP contribution in [0.4, 0.5) is 5.82 Å². The highest BCUT2D eigenvalue weighted by Crippen LogP contribution is 2.30. The van der Waals surface area contributed by atoms with Crippen molar-refractivity contribution in [2.45, 2.75) is 12.8 Å². The molecule has 0 aliphatic carbocycles. The predicted molar refractivity (Wildman–Crippen MR) is 93.5 cm³/mol. The van der Waals surface area contributed by atoms with E-state index in [1.807, 2.05) is 24.3 Å². The topological polar surface area (TPSA) is 45.2 Å². The van der Waals surface area contributed by atoms with Crippen molar-refractivity contribution in [1.29, 1.82) is 0 Å². The van der Waals surface area contributed by atoms with Crippen molar-refractivity contribution in [3.8, 4) is 0 Å².